The van der Waals surface area contributed by atoms with Crippen LogP contribution in [0.2, 0.25) is 5.02 Å². The van der Waals surface area contributed by atoms with Crippen molar-refractivity contribution >= 4 is 81.5 Å². The van der Waals surface area contributed by atoms with Gasteiger partial charge < -0.3 is 9.72 Å². The lowest BCUT2D eigenvalue weighted by molar-refractivity contribution is 0.289. The number of hydrogen-bond acceptors (Lipinski definition) is 3. The highest BCUT2D eigenvalue weighted by Gasteiger charge is 2.14. The SMILES string of the molecule is CCN(CC)Cc1cc2[nH]c3c4ccc(Cl)cc4ncc3c2cc1OC.Cl.Cl.Cl. The third kappa shape index (κ3) is 4.68. The molecule has 1 N–H and O–H groups in total. The van der Waals surface area contributed by atoms with Crippen LogP contribution >= 0.6 is 48.8 Å². The predicted molar refractivity (Wildman–Crippen MR) is 131 cm³/mol. The summed E-state index contributed by atoms with van der Waals surface area (Å²) in [6.07, 6.45) is 1.91. The Hall–Kier alpha value is -1.43. The van der Waals surface area contributed by atoms with Crippen LogP contribution in [0.15, 0.2) is 36.5 Å². The Labute approximate surface area is 194 Å². The molecule has 0 saturated heterocycles. The molecule has 29 heavy (non-hydrogen) atoms. The van der Waals surface area contributed by atoms with Crippen LogP contribution in [0.4, 0.5) is 0 Å². The predicted octanol–water partition coefficient (Wildman–Crippen LogP) is 6.64. The Morgan fingerprint density at radius 3 is 2.38 bits per heavy atom. The average molecular weight is 477 g/mol. The van der Waals surface area contributed by atoms with Crippen LogP contribution in [0.3, 0.4) is 0 Å². The smallest absolute Gasteiger partial charge is 0.124 e. The summed E-state index contributed by atoms with van der Waals surface area (Å²) in [6.45, 7) is 7.26. The highest BCUT2D eigenvalue weighted by molar-refractivity contribution is 6.31. The Balaban J connectivity index is 0.00000140. The second kappa shape index (κ2) is 10.6. The van der Waals surface area contributed by atoms with E-state index in [4.69, 9.17) is 16.3 Å². The minimum Gasteiger partial charge on any atom is -0.496 e. The van der Waals surface area contributed by atoms with Gasteiger partial charge in [-0.25, -0.2) is 0 Å². The molecule has 4 aromatic rings. The Morgan fingerprint density at radius 1 is 1.00 bits per heavy atom. The summed E-state index contributed by atoms with van der Waals surface area (Å²) in [5.41, 5.74) is 4.28. The number of rotatable bonds is 5. The molecule has 2 aromatic heterocycles. The highest BCUT2D eigenvalue weighted by Crippen LogP contribution is 2.35. The molecule has 2 heterocycles. The summed E-state index contributed by atoms with van der Waals surface area (Å²) >= 11 is 6.11. The molecular weight excluding hydrogens is 452 g/mol. The van der Waals surface area contributed by atoms with Crippen LogP contribution < -0.4 is 4.74 Å². The third-order valence-electron chi connectivity index (χ3n) is 5.09. The van der Waals surface area contributed by atoms with Crippen LogP contribution in [0, 0.1) is 0 Å². The Morgan fingerprint density at radius 2 is 1.72 bits per heavy atom. The fourth-order valence-corrected chi connectivity index (χ4v) is 3.76. The van der Waals surface area contributed by atoms with Crippen LogP contribution in [-0.2, 0) is 6.54 Å². The molecular formula is C21H25Cl4N3O. The van der Waals surface area contributed by atoms with Crippen molar-refractivity contribution in [3.8, 4) is 5.75 Å². The van der Waals surface area contributed by atoms with Crippen LogP contribution in [0.1, 0.15) is 19.4 Å². The first-order valence-electron chi connectivity index (χ1n) is 8.93. The molecule has 4 nitrogen and oxygen atoms in total. The molecule has 0 aliphatic carbocycles. The molecule has 0 amide bonds. The molecule has 2 aromatic carbocycles. The number of fused-ring (bicyclic) bond motifs is 5. The lowest BCUT2D eigenvalue weighted by Gasteiger charge is -2.19. The van der Waals surface area contributed by atoms with Gasteiger partial charge in [-0.2, -0.15) is 0 Å². The molecule has 0 unspecified atom stereocenters. The fraction of sp³-hybridized carbons (Fsp3) is 0.286. The number of nitrogens with zero attached hydrogens (tertiary/aromatic N) is 2. The quantitative estimate of drug-likeness (QED) is 0.351. The zero-order valence-corrected chi connectivity index (χ0v) is 19.7. The van der Waals surface area contributed by atoms with Gasteiger partial charge in [0.1, 0.15) is 5.75 Å². The van der Waals surface area contributed by atoms with E-state index in [1.54, 1.807) is 7.11 Å². The summed E-state index contributed by atoms with van der Waals surface area (Å²) in [5, 5.41) is 4.00. The topological polar surface area (TPSA) is 41.2 Å². The number of methoxy groups -OCH3 is 1. The number of nitrogens with one attached hydrogen (secondary N) is 1. The summed E-state index contributed by atoms with van der Waals surface area (Å²) in [6, 6.07) is 10.2. The van der Waals surface area contributed by atoms with Gasteiger partial charge >= 0.3 is 0 Å². The number of hydrogen-bond donors (Lipinski definition) is 1. The summed E-state index contributed by atoms with van der Waals surface area (Å²) in [5.74, 6) is 0.918. The molecule has 0 saturated carbocycles. The van der Waals surface area contributed by atoms with Crippen molar-refractivity contribution in [2.75, 3.05) is 20.2 Å². The van der Waals surface area contributed by atoms with Gasteiger partial charge in [0.05, 0.1) is 18.1 Å². The van der Waals surface area contributed by atoms with Gasteiger partial charge in [0.25, 0.3) is 0 Å². The first kappa shape index (κ1) is 25.6. The maximum absolute atomic E-state index is 6.11. The molecule has 0 aliphatic rings. The van der Waals surface area contributed by atoms with Crippen molar-refractivity contribution in [2.24, 2.45) is 0 Å². The summed E-state index contributed by atoms with van der Waals surface area (Å²) in [7, 11) is 1.73. The van der Waals surface area contributed by atoms with Gasteiger partial charge in [0, 0.05) is 45.0 Å². The number of aromatic nitrogens is 2. The maximum atomic E-state index is 6.11. The van der Waals surface area contributed by atoms with Gasteiger partial charge in [-0.05, 0) is 43.4 Å². The van der Waals surface area contributed by atoms with Crippen molar-refractivity contribution < 1.29 is 4.74 Å². The van der Waals surface area contributed by atoms with E-state index in [2.05, 4.69) is 40.8 Å². The molecule has 0 radical (unpaired) electrons. The molecule has 0 atom stereocenters. The Kier molecular flexibility index (Phi) is 9.32. The van der Waals surface area contributed by atoms with Crippen molar-refractivity contribution in [1.29, 1.82) is 0 Å². The van der Waals surface area contributed by atoms with E-state index in [0.717, 1.165) is 58.1 Å². The van der Waals surface area contributed by atoms with E-state index in [1.807, 2.05) is 24.4 Å². The normalized spacial score (nSPS) is 10.7. The van der Waals surface area contributed by atoms with Gasteiger partial charge in [-0.15, -0.1) is 37.2 Å². The van der Waals surface area contributed by atoms with Crippen LogP contribution in [0.25, 0.3) is 32.7 Å². The number of H-pyrrole nitrogens is 1. The largest absolute Gasteiger partial charge is 0.496 e. The second-order valence-corrected chi connectivity index (χ2v) is 6.94. The number of aromatic amines is 1. The zero-order valence-electron chi connectivity index (χ0n) is 16.5. The number of ether oxygens (including phenoxy) is 1. The van der Waals surface area contributed by atoms with Crippen molar-refractivity contribution in [2.45, 2.75) is 20.4 Å². The van der Waals surface area contributed by atoms with E-state index >= 15 is 0 Å². The molecule has 4 rings (SSSR count). The molecule has 0 spiro atoms. The van der Waals surface area contributed by atoms with E-state index in [1.165, 1.54) is 5.56 Å². The van der Waals surface area contributed by atoms with Crippen LogP contribution in [-0.4, -0.2) is 35.1 Å². The minimum absolute atomic E-state index is 0. The first-order chi connectivity index (χ1) is 12.6. The Bertz CT molecular complexity index is 1110. The molecule has 0 bridgehead atoms. The van der Waals surface area contributed by atoms with E-state index < -0.39 is 0 Å². The molecule has 0 aliphatic heterocycles. The summed E-state index contributed by atoms with van der Waals surface area (Å²) < 4.78 is 5.69. The molecule has 158 valence electrons. The molecule has 0 fully saturated rings. The average Bonchev–Trinajstić information content (AvgIpc) is 3.02. The van der Waals surface area contributed by atoms with Gasteiger partial charge in [0.15, 0.2) is 0 Å². The van der Waals surface area contributed by atoms with E-state index in [-0.39, 0.29) is 37.2 Å². The van der Waals surface area contributed by atoms with E-state index in [9.17, 15) is 0 Å². The van der Waals surface area contributed by atoms with Crippen LogP contribution in [0.5, 0.6) is 5.75 Å². The first-order valence-corrected chi connectivity index (χ1v) is 9.31. The third-order valence-corrected chi connectivity index (χ3v) is 5.33. The van der Waals surface area contributed by atoms with Crippen molar-refractivity contribution in [3.05, 3.63) is 47.1 Å². The fourth-order valence-electron chi connectivity index (χ4n) is 3.59. The van der Waals surface area contributed by atoms with Gasteiger partial charge in [-0.3, -0.25) is 9.88 Å². The zero-order chi connectivity index (χ0) is 18.3. The summed E-state index contributed by atoms with van der Waals surface area (Å²) in [4.78, 5) is 10.6. The standard InChI is InChI=1S/C21H22ClN3O.3ClH/c1-4-25(5-2)12-13-8-19-16(10-20(13)26-3)17-11-23-18-9-14(22)6-7-15(18)21(17)24-19;;;/h6-11,24H,4-5,12H2,1-3H3;3*1H. The van der Waals surface area contributed by atoms with Gasteiger partial charge in [0.2, 0.25) is 0 Å². The number of benzene rings is 2. The van der Waals surface area contributed by atoms with Crippen molar-refractivity contribution in [1.82, 2.24) is 14.9 Å². The monoisotopic (exact) mass is 475 g/mol. The second-order valence-electron chi connectivity index (χ2n) is 6.50. The highest BCUT2D eigenvalue weighted by atomic mass is 35.5. The lowest BCUT2D eigenvalue weighted by atomic mass is 10.1. The lowest BCUT2D eigenvalue weighted by Crippen LogP contribution is -2.22. The number of halogens is 4. The van der Waals surface area contributed by atoms with Gasteiger partial charge in [-0.1, -0.05) is 25.4 Å². The number of pyridine rings is 1. The van der Waals surface area contributed by atoms with E-state index in [0.29, 0.717) is 5.02 Å². The van der Waals surface area contributed by atoms with Crippen molar-refractivity contribution in [3.63, 3.8) is 0 Å². The minimum atomic E-state index is 0. The molecule has 8 heteroatoms. The maximum Gasteiger partial charge on any atom is 0.124 e.